The lowest BCUT2D eigenvalue weighted by molar-refractivity contribution is -0.158. The van der Waals surface area contributed by atoms with Crippen molar-refractivity contribution >= 4 is 41.8 Å². The minimum atomic E-state index is -4.41. The number of hydrogen-bond acceptors (Lipinski definition) is 12. The number of aromatic nitrogens is 2. The molecule has 0 amide bonds. The average Bonchev–Trinajstić information content (AvgIpc) is 3.28. The molecule has 0 aliphatic carbocycles. The van der Waals surface area contributed by atoms with Crippen LogP contribution in [0.15, 0.2) is 20.8 Å². The molecule has 0 spiro atoms. The third-order valence-corrected chi connectivity index (χ3v) is 5.99. The highest BCUT2D eigenvalue weighted by atomic mass is 79.9. The van der Waals surface area contributed by atoms with Gasteiger partial charge in [0.25, 0.3) is 5.56 Å². The van der Waals surface area contributed by atoms with Crippen molar-refractivity contribution in [3.05, 3.63) is 37.6 Å². The van der Waals surface area contributed by atoms with Crippen LogP contribution in [0, 0.1) is 11.8 Å². The SMILES string of the molecule is CC(C)C(=O)OCOP(=O)(OCOC(=O)C(C)C)OC[C@H]1OC[C@@H](n2cc(/C=C/Br)c(=O)[nH]c2=O)O1. The zero-order chi connectivity index (χ0) is 26.9. The van der Waals surface area contributed by atoms with Gasteiger partial charge in [-0.05, 0) is 11.1 Å². The Hall–Kier alpha value is -2.13. The second-order valence-electron chi connectivity index (χ2n) is 7.87. The Labute approximate surface area is 214 Å². The van der Waals surface area contributed by atoms with E-state index in [1.807, 2.05) is 0 Å². The predicted octanol–water partition coefficient (Wildman–Crippen LogP) is 2.24. The highest BCUT2D eigenvalue weighted by Crippen LogP contribution is 2.49. The summed E-state index contributed by atoms with van der Waals surface area (Å²) in [6, 6.07) is 0. The van der Waals surface area contributed by atoms with E-state index in [2.05, 4.69) is 20.9 Å². The first-order valence-electron chi connectivity index (χ1n) is 10.7. The highest BCUT2D eigenvalue weighted by molar-refractivity contribution is 9.11. The maximum Gasteiger partial charge on any atom is 0.480 e. The number of nitrogens with one attached hydrogen (secondary N) is 1. The number of esters is 2. The van der Waals surface area contributed by atoms with Crippen LogP contribution in [0.4, 0.5) is 0 Å². The Bertz CT molecular complexity index is 1070. The Balaban J connectivity index is 2.01. The van der Waals surface area contributed by atoms with Gasteiger partial charge in [-0.15, -0.1) is 0 Å². The molecule has 1 aromatic heterocycles. The molecule has 16 heteroatoms. The van der Waals surface area contributed by atoms with E-state index in [1.54, 1.807) is 27.7 Å². The lowest BCUT2D eigenvalue weighted by Crippen LogP contribution is -2.34. The Kier molecular flexibility index (Phi) is 11.7. The second-order valence-corrected chi connectivity index (χ2v) is 10.1. The summed E-state index contributed by atoms with van der Waals surface area (Å²) in [5.74, 6) is -2.14. The molecular formula is C20H28BrN2O12P. The van der Waals surface area contributed by atoms with E-state index in [-0.39, 0.29) is 12.2 Å². The molecule has 2 atom stereocenters. The molecule has 0 bridgehead atoms. The van der Waals surface area contributed by atoms with Crippen molar-refractivity contribution in [1.82, 2.24) is 9.55 Å². The van der Waals surface area contributed by atoms with Gasteiger partial charge in [-0.25, -0.2) is 18.4 Å². The van der Waals surface area contributed by atoms with Crippen LogP contribution >= 0.6 is 23.8 Å². The smallest absolute Gasteiger partial charge is 0.438 e. The number of carbonyl (C=O) groups excluding carboxylic acids is 2. The third kappa shape index (κ3) is 9.07. The normalized spacial score (nSPS) is 18.3. The van der Waals surface area contributed by atoms with Crippen molar-refractivity contribution in [2.24, 2.45) is 11.8 Å². The maximum atomic E-state index is 13.0. The summed E-state index contributed by atoms with van der Waals surface area (Å²) < 4.78 is 50.0. The van der Waals surface area contributed by atoms with Crippen molar-refractivity contribution in [1.29, 1.82) is 0 Å². The van der Waals surface area contributed by atoms with E-state index in [1.165, 1.54) is 17.3 Å². The highest BCUT2D eigenvalue weighted by Gasteiger charge is 2.34. The average molecular weight is 599 g/mol. The Morgan fingerprint density at radius 1 is 1.14 bits per heavy atom. The van der Waals surface area contributed by atoms with E-state index in [0.717, 1.165) is 4.57 Å². The summed E-state index contributed by atoms with van der Waals surface area (Å²) in [6.45, 7) is 4.29. The molecule has 2 rings (SSSR count). The van der Waals surface area contributed by atoms with E-state index < -0.39 is 75.6 Å². The van der Waals surface area contributed by atoms with Crippen molar-refractivity contribution in [2.45, 2.75) is 40.2 Å². The molecule has 0 unspecified atom stereocenters. The topological polar surface area (TPSA) is 171 Å². The standard InChI is InChI=1S/C20H28BrN2O12P/c1-12(2)18(25)30-10-33-36(28,34-11-31-19(26)13(3)4)32-9-16-29-8-15(35-16)23-7-14(5-6-21)17(24)22-20(23)27/h5-7,12-13,15-16H,8-11H2,1-4H3,(H,22,24,27)/b6-5+/t15-,16-/m0/s1. The molecule has 0 radical (unpaired) electrons. The summed E-state index contributed by atoms with van der Waals surface area (Å²) in [7, 11) is -4.41. The number of phosphoric ester groups is 1. The summed E-state index contributed by atoms with van der Waals surface area (Å²) in [6.07, 6.45) is 0.694. The number of carbonyl (C=O) groups is 2. The fraction of sp³-hybridized carbons (Fsp3) is 0.600. The van der Waals surface area contributed by atoms with Gasteiger partial charge in [0, 0.05) is 6.20 Å². The Morgan fingerprint density at radius 2 is 1.72 bits per heavy atom. The van der Waals surface area contributed by atoms with Gasteiger partial charge >= 0.3 is 25.5 Å². The van der Waals surface area contributed by atoms with Crippen LogP contribution in [0.5, 0.6) is 0 Å². The fourth-order valence-corrected chi connectivity index (χ4v) is 3.65. The van der Waals surface area contributed by atoms with Gasteiger partial charge < -0.3 is 18.9 Å². The molecule has 1 aromatic rings. The van der Waals surface area contributed by atoms with Crippen LogP contribution in [-0.4, -0.2) is 54.6 Å². The van der Waals surface area contributed by atoms with Crippen molar-refractivity contribution in [3.8, 4) is 0 Å². The fourth-order valence-electron chi connectivity index (χ4n) is 2.47. The molecule has 0 saturated carbocycles. The molecule has 1 saturated heterocycles. The van der Waals surface area contributed by atoms with Gasteiger partial charge in [-0.3, -0.25) is 28.5 Å². The number of hydrogen-bond donors (Lipinski definition) is 1. The predicted molar refractivity (Wildman–Crippen MR) is 126 cm³/mol. The van der Waals surface area contributed by atoms with Crippen LogP contribution in [-0.2, 0) is 46.7 Å². The second kappa shape index (κ2) is 14.0. The van der Waals surface area contributed by atoms with E-state index in [4.69, 9.17) is 32.5 Å². The van der Waals surface area contributed by atoms with Gasteiger partial charge in [-0.2, -0.15) is 0 Å². The van der Waals surface area contributed by atoms with Crippen molar-refractivity contribution in [2.75, 3.05) is 26.8 Å². The molecular weight excluding hydrogens is 571 g/mol. The number of H-pyrrole nitrogens is 1. The number of ether oxygens (including phenoxy) is 4. The molecule has 0 aromatic carbocycles. The first kappa shape index (κ1) is 30.1. The van der Waals surface area contributed by atoms with Crippen molar-refractivity contribution in [3.63, 3.8) is 0 Å². The molecule has 1 fully saturated rings. The van der Waals surface area contributed by atoms with E-state index in [0.29, 0.717) is 0 Å². The first-order chi connectivity index (χ1) is 17.0. The van der Waals surface area contributed by atoms with Gasteiger partial charge in [0.05, 0.1) is 24.0 Å². The summed E-state index contributed by atoms with van der Waals surface area (Å²) >= 11 is 3.06. The molecule has 1 aliphatic heterocycles. The molecule has 1 aliphatic rings. The van der Waals surface area contributed by atoms with Crippen LogP contribution < -0.4 is 11.2 Å². The van der Waals surface area contributed by atoms with Crippen LogP contribution in [0.2, 0.25) is 0 Å². The minimum Gasteiger partial charge on any atom is -0.438 e. The Morgan fingerprint density at radius 3 is 2.25 bits per heavy atom. The van der Waals surface area contributed by atoms with E-state index in [9.17, 15) is 23.7 Å². The monoisotopic (exact) mass is 598 g/mol. The lowest BCUT2D eigenvalue weighted by Gasteiger charge is -2.20. The maximum absolute atomic E-state index is 13.0. The van der Waals surface area contributed by atoms with Crippen LogP contribution in [0.25, 0.3) is 6.08 Å². The first-order valence-corrected chi connectivity index (χ1v) is 13.1. The lowest BCUT2D eigenvalue weighted by atomic mass is 10.2. The summed E-state index contributed by atoms with van der Waals surface area (Å²) in [4.78, 5) is 50.9. The largest absolute Gasteiger partial charge is 0.480 e. The molecule has 14 nitrogen and oxygen atoms in total. The van der Waals surface area contributed by atoms with Crippen LogP contribution in [0.1, 0.15) is 39.5 Å². The number of aromatic amines is 1. The number of halogens is 1. The number of nitrogens with zero attached hydrogens (tertiary/aromatic N) is 1. The third-order valence-electron chi connectivity index (χ3n) is 4.42. The van der Waals surface area contributed by atoms with Gasteiger partial charge in [0.1, 0.15) is 6.61 Å². The van der Waals surface area contributed by atoms with Crippen molar-refractivity contribution < 1.29 is 46.7 Å². The quantitative estimate of drug-likeness (QED) is 0.200. The van der Waals surface area contributed by atoms with Gasteiger partial charge in [-0.1, -0.05) is 43.6 Å². The number of rotatable bonds is 13. The summed E-state index contributed by atoms with van der Waals surface area (Å²) in [5, 5.41) is 0. The molecule has 202 valence electrons. The molecule has 36 heavy (non-hydrogen) atoms. The molecule has 2 heterocycles. The van der Waals surface area contributed by atoms with Crippen LogP contribution in [0.3, 0.4) is 0 Å². The minimum absolute atomic E-state index is 0.0958. The van der Waals surface area contributed by atoms with Gasteiger partial charge in [0.2, 0.25) is 13.6 Å². The zero-order valence-corrected chi connectivity index (χ0v) is 22.5. The summed E-state index contributed by atoms with van der Waals surface area (Å²) in [5.41, 5.74) is -1.12. The van der Waals surface area contributed by atoms with E-state index >= 15 is 0 Å². The van der Waals surface area contributed by atoms with Gasteiger partial charge in [0.15, 0.2) is 12.5 Å². The molecule has 1 N–H and O–H groups in total. The number of phosphoric acid groups is 1. The zero-order valence-electron chi connectivity index (χ0n) is 20.0.